The number of aromatic nitrogens is 6. The molecule has 0 fully saturated rings. The van der Waals surface area contributed by atoms with Gasteiger partial charge in [-0.05, 0) is 39.0 Å². The first-order valence-electron chi connectivity index (χ1n) is 9.60. The Morgan fingerprint density at radius 3 is 2.71 bits per heavy atom. The van der Waals surface area contributed by atoms with Crippen LogP contribution in [0.5, 0.6) is 0 Å². The van der Waals surface area contributed by atoms with Crippen LogP contribution in [0.25, 0.3) is 22.6 Å². The van der Waals surface area contributed by atoms with E-state index in [2.05, 4.69) is 30.6 Å². The summed E-state index contributed by atoms with van der Waals surface area (Å²) in [4.78, 5) is 21.2. The average Bonchev–Trinajstić information content (AvgIpc) is 3.19. The first-order valence-corrected chi connectivity index (χ1v) is 9.60. The van der Waals surface area contributed by atoms with Crippen LogP contribution in [0.4, 0.5) is 14.6 Å². The lowest BCUT2D eigenvalue weighted by Crippen LogP contribution is -2.27. The topological polar surface area (TPSA) is 98.5 Å². The number of carbonyl (C=O) groups is 1. The molecule has 1 aliphatic rings. The Labute approximate surface area is 175 Å². The normalized spacial score (nSPS) is 14.7. The van der Waals surface area contributed by atoms with Crippen LogP contribution in [0, 0.1) is 18.6 Å². The monoisotopic (exact) mass is 421 g/mol. The zero-order valence-corrected chi connectivity index (χ0v) is 16.9. The Hall–Kier alpha value is -3.82. The molecule has 4 heterocycles. The van der Waals surface area contributed by atoms with Crippen molar-refractivity contribution in [2.75, 3.05) is 5.32 Å². The molecule has 1 aliphatic heterocycles. The fourth-order valence-electron chi connectivity index (χ4n) is 3.56. The lowest BCUT2D eigenvalue weighted by Gasteiger charge is -2.11. The number of fused-ring (bicyclic) bond motifs is 2. The van der Waals surface area contributed by atoms with Crippen LogP contribution in [-0.2, 0) is 16.8 Å². The van der Waals surface area contributed by atoms with Gasteiger partial charge in [0.25, 0.3) is 0 Å². The Kier molecular flexibility index (Phi) is 4.07. The first-order chi connectivity index (χ1) is 14.8. The van der Waals surface area contributed by atoms with Gasteiger partial charge in [0.1, 0.15) is 11.4 Å². The Morgan fingerprint density at radius 2 is 1.90 bits per heavy atom. The van der Waals surface area contributed by atoms with Gasteiger partial charge in [-0.25, -0.2) is 23.4 Å². The van der Waals surface area contributed by atoms with E-state index in [-0.39, 0.29) is 23.8 Å². The SMILES string of the molecule is Cc1ccc2c(-c3nnc4c(n3)NC(=O)C4(C)C)nn(Cc3cccc(F)c3F)c2n1. The van der Waals surface area contributed by atoms with E-state index < -0.39 is 17.0 Å². The number of pyridine rings is 1. The number of halogens is 2. The molecule has 1 amide bonds. The van der Waals surface area contributed by atoms with Crippen molar-refractivity contribution in [2.24, 2.45) is 0 Å². The molecule has 31 heavy (non-hydrogen) atoms. The molecule has 4 aromatic rings. The third-order valence-corrected chi connectivity index (χ3v) is 5.38. The molecular formula is C21H17F2N7O. The van der Waals surface area contributed by atoms with E-state index in [0.29, 0.717) is 28.2 Å². The second-order valence-corrected chi connectivity index (χ2v) is 7.95. The predicted octanol–water partition coefficient (Wildman–Crippen LogP) is 3.15. The van der Waals surface area contributed by atoms with E-state index in [9.17, 15) is 13.6 Å². The van der Waals surface area contributed by atoms with Crippen LogP contribution in [0.15, 0.2) is 30.3 Å². The third-order valence-electron chi connectivity index (χ3n) is 5.38. The molecule has 1 N–H and O–H groups in total. The van der Waals surface area contributed by atoms with Crippen molar-refractivity contribution in [1.82, 2.24) is 29.9 Å². The van der Waals surface area contributed by atoms with Crippen LogP contribution in [0.2, 0.25) is 0 Å². The van der Waals surface area contributed by atoms with Gasteiger partial charge in [-0.1, -0.05) is 12.1 Å². The number of carbonyl (C=O) groups excluding carboxylic acids is 1. The highest BCUT2D eigenvalue weighted by atomic mass is 19.2. The number of hydrogen-bond acceptors (Lipinski definition) is 6. The number of nitrogens with zero attached hydrogens (tertiary/aromatic N) is 6. The Morgan fingerprint density at radius 1 is 1.10 bits per heavy atom. The summed E-state index contributed by atoms with van der Waals surface area (Å²) in [6, 6.07) is 7.63. The number of benzene rings is 1. The van der Waals surface area contributed by atoms with Gasteiger partial charge in [0.15, 0.2) is 23.1 Å². The Balaban J connectivity index is 1.65. The second-order valence-electron chi connectivity index (χ2n) is 7.95. The van der Waals surface area contributed by atoms with Gasteiger partial charge in [0.2, 0.25) is 11.7 Å². The van der Waals surface area contributed by atoms with Gasteiger partial charge in [-0.15, -0.1) is 10.2 Å². The van der Waals surface area contributed by atoms with Crippen molar-refractivity contribution < 1.29 is 13.6 Å². The van der Waals surface area contributed by atoms with Crippen molar-refractivity contribution in [2.45, 2.75) is 32.7 Å². The summed E-state index contributed by atoms with van der Waals surface area (Å²) in [6.45, 7) is 5.28. The van der Waals surface area contributed by atoms with Gasteiger partial charge < -0.3 is 5.32 Å². The summed E-state index contributed by atoms with van der Waals surface area (Å²) >= 11 is 0. The minimum absolute atomic E-state index is 0.0291. The lowest BCUT2D eigenvalue weighted by atomic mass is 9.91. The molecule has 0 radical (unpaired) electrons. The lowest BCUT2D eigenvalue weighted by molar-refractivity contribution is -0.119. The molecule has 10 heteroatoms. The molecule has 0 bridgehead atoms. The third kappa shape index (κ3) is 2.94. The maximum atomic E-state index is 14.2. The molecule has 156 valence electrons. The predicted molar refractivity (Wildman–Crippen MR) is 108 cm³/mol. The summed E-state index contributed by atoms with van der Waals surface area (Å²) < 4.78 is 29.4. The number of hydrogen-bond donors (Lipinski definition) is 1. The fourth-order valence-corrected chi connectivity index (χ4v) is 3.56. The van der Waals surface area contributed by atoms with Gasteiger partial charge >= 0.3 is 0 Å². The van der Waals surface area contributed by atoms with E-state index in [1.165, 1.54) is 16.8 Å². The smallest absolute Gasteiger partial charge is 0.237 e. The van der Waals surface area contributed by atoms with E-state index in [0.717, 1.165) is 11.8 Å². The molecule has 3 aromatic heterocycles. The van der Waals surface area contributed by atoms with Crippen molar-refractivity contribution in [3.8, 4) is 11.5 Å². The number of nitrogens with one attached hydrogen (secondary N) is 1. The van der Waals surface area contributed by atoms with Gasteiger partial charge in [-0.3, -0.25) is 4.79 Å². The number of anilines is 1. The quantitative estimate of drug-likeness (QED) is 0.546. The van der Waals surface area contributed by atoms with Gasteiger partial charge in [0, 0.05) is 11.3 Å². The first kappa shape index (κ1) is 19.2. The van der Waals surface area contributed by atoms with Crippen molar-refractivity contribution in [1.29, 1.82) is 0 Å². The molecular weight excluding hydrogens is 404 g/mol. The fraction of sp³-hybridized carbons (Fsp3) is 0.238. The molecule has 0 saturated carbocycles. The number of aryl methyl sites for hydroxylation is 1. The molecule has 0 aliphatic carbocycles. The zero-order valence-electron chi connectivity index (χ0n) is 16.9. The zero-order chi connectivity index (χ0) is 21.9. The molecule has 0 atom stereocenters. The highest BCUT2D eigenvalue weighted by Crippen LogP contribution is 2.35. The average molecular weight is 421 g/mol. The van der Waals surface area contributed by atoms with E-state index >= 15 is 0 Å². The van der Waals surface area contributed by atoms with Gasteiger partial charge in [0.05, 0.1) is 17.3 Å². The van der Waals surface area contributed by atoms with E-state index in [4.69, 9.17) is 0 Å². The summed E-state index contributed by atoms with van der Waals surface area (Å²) in [6.07, 6.45) is 0. The highest BCUT2D eigenvalue weighted by molar-refractivity contribution is 6.04. The van der Waals surface area contributed by atoms with Crippen molar-refractivity contribution in [3.05, 3.63) is 58.9 Å². The molecule has 0 unspecified atom stereocenters. The largest absolute Gasteiger partial charge is 0.308 e. The summed E-state index contributed by atoms with van der Waals surface area (Å²) in [7, 11) is 0. The highest BCUT2D eigenvalue weighted by Gasteiger charge is 2.42. The standard InChI is InChI=1S/C21H17F2N7O/c1-10-7-8-12-15(17-25-18-16(27-28-17)21(2,3)20(31)26-18)29-30(19(12)24-10)9-11-5-4-6-13(22)14(11)23/h4-8H,9H2,1-3H3,(H,25,26,28,31). The second kappa shape index (κ2) is 6.59. The summed E-state index contributed by atoms with van der Waals surface area (Å²) in [5, 5.41) is 16.3. The maximum Gasteiger partial charge on any atom is 0.237 e. The Bertz CT molecular complexity index is 1380. The van der Waals surface area contributed by atoms with Crippen molar-refractivity contribution in [3.63, 3.8) is 0 Å². The van der Waals surface area contributed by atoms with Gasteiger partial charge in [-0.2, -0.15) is 5.10 Å². The maximum absolute atomic E-state index is 14.2. The van der Waals surface area contributed by atoms with Crippen LogP contribution in [-0.4, -0.2) is 35.9 Å². The molecule has 8 nitrogen and oxygen atoms in total. The number of amides is 1. The summed E-state index contributed by atoms with van der Waals surface area (Å²) in [5.41, 5.74) is 1.37. The van der Waals surface area contributed by atoms with E-state index in [1.54, 1.807) is 13.8 Å². The minimum atomic E-state index is -0.930. The van der Waals surface area contributed by atoms with Crippen LogP contribution in [0.1, 0.15) is 30.8 Å². The van der Waals surface area contributed by atoms with Crippen LogP contribution < -0.4 is 5.32 Å². The van der Waals surface area contributed by atoms with Crippen LogP contribution in [0.3, 0.4) is 0 Å². The molecule has 1 aromatic carbocycles. The summed E-state index contributed by atoms with van der Waals surface area (Å²) in [5.74, 6) is -1.54. The van der Waals surface area contributed by atoms with Crippen molar-refractivity contribution >= 4 is 22.8 Å². The van der Waals surface area contributed by atoms with E-state index in [1.807, 2.05) is 19.1 Å². The minimum Gasteiger partial charge on any atom is -0.308 e. The molecule has 0 spiro atoms. The molecule has 5 rings (SSSR count). The van der Waals surface area contributed by atoms with Crippen LogP contribution >= 0.6 is 0 Å². The molecule has 0 saturated heterocycles. The number of rotatable bonds is 3.